The fourth-order valence-corrected chi connectivity index (χ4v) is 1.58. The van der Waals surface area contributed by atoms with Crippen LogP contribution in [0.15, 0.2) is 18.2 Å². The van der Waals surface area contributed by atoms with E-state index in [1.165, 1.54) is 18.2 Å². The van der Waals surface area contributed by atoms with Gasteiger partial charge in [0, 0.05) is 23.7 Å². The maximum atomic E-state index is 11.5. The molecule has 0 saturated carbocycles. The largest absolute Gasteiger partial charge is 0.486 e. The van der Waals surface area contributed by atoms with Crippen LogP contribution in [0.1, 0.15) is 13.3 Å². The average molecular weight is 338 g/mol. The Morgan fingerprint density at radius 3 is 2.81 bits per heavy atom. The number of nitrogens with one attached hydrogen (secondary N) is 1. The molecular weight excluding hydrogens is 321 g/mol. The van der Waals surface area contributed by atoms with E-state index in [9.17, 15) is 14.9 Å². The third-order valence-corrected chi connectivity index (χ3v) is 2.70. The molecule has 0 aliphatic carbocycles. The highest BCUT2D eigenvalue weighted by atomic mass is 35.5. The third kappa shape index (κ3) is 6.61. The van der Waals surface area contributed by atoms with E-state index in [4.69, 9.17) is 22.1 Å². The molecule has 3 N–H and O–H groups in total. The predicted octanol–water partition coefficient (Wildman–Crippen LogP) is 1.90. The number of nitro benzene ring substituents is 1. The summed E-state index contributed by atoms with van der Waals surface area (Å²) in [5, 5.41) is 13.7. The van der Waals surface area contributed by atoms with Gasteiger partial charge >= 0.3 is 5.69 Å². The second-order valence-corrected chi connectivity index (χ2v) is 4.61. The summed E-state index contributed by atoms with van der Waals surface area (Å²) >= 11 is 5.68. The Labute approximate surface area is 133 Å². The fourth-order valence-electron chi connectivity index (χ4n) is 1.41. The van der Waals surface area contributed by atoms with E-state index in [1.54, 1.807) is 6.92 Å². The number of amides is 1. The lowest BCUT2D eigenvalue weighted by Gasteiger charge is -2.11. The van der Waals surface area contributed by atoms with Crippen LogP contribution in [0.3, 0.4) is 0 Å². The number of nitrogens with zero attached hydrogens (tertiary/aromatic N) is 1. The molecular formula is C12H17Cl2N3O4. The first-order chi connectivity index (χ1) is 9.43. The maximum Gasteiger partial charge on any atom is 0.312 e. The van der Waals surface area contributed by atoms with E-state index in [2.05, 4.69) is 5.32 Å². The van der Waals surface area contributed by atoms with Gasteiger partial charge in [0.1, 0.15) is 0 Å². The summed E-state index contributed by atoms with van der Waals surface area (Å²) in [5.41, 5.74) is 5.15. The van der Waals surface area contributed by atoms with Gasteiger partial charge in [-0.1, -0.05) is 11.6 Å². The number of nitro groups is 1. The number of carbonyl (C=O) groups is 1. The van der Waals surface area contributed by atoms with Crippen LogP contribution >= 0.6 is 24.0 Å². The minimum Gasteiger partial charge on any atom is -0.486 e. The number of nitrogens with two attached hydrogens (primary N) is 1. The fraction of sp³-hybridized carbons (Fsp3) is 0.417. The van der Waals surface area contributed by atoms with E-state index < -0.39 is 4.92 Å². The molecule has 7 nitrogen and oxygen atoms in total. The summed E-state index contributed by atoms with van der Waals surface area (Å²) < 4.78 is 5.25. The van der Waals surface area contributed by atoms with E-state index >= 15 is 0 Å². The Hall–Kier alpha value is -1.57. The van der Waals surface area contributed by atoms with E-state index in [0.717, 1.165) is 0 Å². The van der Waals surface area contributed by atoms with Crippen molar-refractivity contribution < 1.29 is 14.5 Å². The van der Waals surface area contributed by atoms with Crippen LogP contribution in [0.5, 0.6) is 5.75 Å². The molecule has 9 heteroatoms. The molecule has 1 rings (SSSR count). The molecule has 0 saturated heterocycles. The highest BCUT2D eigenvalue weighted by molar-refractivity contribution is 6.30. The molecule has 0 fully saturated rings. The van der Waals surface area contributed by atoms with Gasteiger partial charge in [-0.3, -0.25) is 14.9 Å². The van der Waals surface area contributed by atoms with Gasteiger partial charge in [-0.15, -0.1) is 12.4 Å². The topological polar surface area (TPSA) is 107 Å². The molecule has 0 heterocycles. The maximum absolute atomic E-state index is 11.5. The van der Waals surface area contributed by atoms with Gasteiger partial charge in [-0.2, -0.15) is 0 Å². The van der Waals surface area contributed by atoms with Gasteiger partial charge in [-0.25, -0.2) is 0 Å². The lowest BCUT2D eigenvalue weighted by atomic mass is 10.3. The molecule has 1 aromatic rings. The van der Waals surface area contributed by atoms with E-state index in [0.29, 0.717) is 6.54 Å². The first-order valence-corrected chi connectivity index (χ1v) is 6.38. The molecule has 1 aromatic carbocycles. The minimum absolute atomic E-state index is 0. The van der Waals surface area contributed by atoms with Crippen LogP contribution in [0.4, 0.5) is 5.69 Å². The van der Waals surface area contributed by atoms with Crippen LogP contribution in [-0.2, 0) is 4.79 Å². The first kappa shape index (κ1) is 19.4. The number of benzene rings is 1. The Morgan fingerprint density at radius 1 is 1.57 bits per heavy atom. The molecule has 0 bridgehead atoms. The van der Waals surface area contributed by atoms with Crippen molar-refractivity contribution in [2.45, 2.75) is 19.4 Å². The van der Waals surface area contributed by atoms with Crippen LogP contribution in [-0.4, -0.2) is 30.0 Å². The Balaban J connectivity index is 0.00000400. The zero-order valence-corrected chi connectivity index (χ0v) is 12.9. The standard InChI is InChI=1S/C12H16ClN3O4.ClH/c1-8(7-14)15-12(17)4-5-20-11-3-2-9(13)6-10(11)16(18)19;/h2-3,6,8H,4-5,7,14H2,1H3,(H,15,17);1H/t8-;/m0./s1. The van der Waals surface area contributed by atoms with Gasteiger partial charge in [0.2, 0.25) is 5.91 Å². The molecule has 0 aliphatic heterocycles. The normalized spacial score (nSPS) is 11.2. The number of carbonyl (C=O) groups excluding carboxylic acids is 1. The number of hydrogen-bond acceptors (Lipinski definition) is 5. The van der Waals surface area contributed by atoms with E-state index in [-0.39, 0.29) is 53.8 Å². The van der Waals surface area contributed by atoms with Gasteiger partial charge in [-0.05, 0) is 19.1 Å². The zero-order chi connectivity index (χ0) is 15.1. The number of halogens is 2. The van der Waals surface area contributed by atoms with Crippen molar-refractivity contribution in [1.82, 2.24) is 5.32 Å². The quantitative estimate of drug-likeness (QED) is 0.583. The Bertz CT molecular complexity index is 499. The van der Waals surface area contributed by atoms with Crippen molar-refractivity contribution in [2.24, 2.45) is 5.73 Å². The second kappa shape index (κ2) is 9.38. The molecule has 0 aromatic heterocycles. The smallest absolute Gasteiger partial charge is 0.312 e. The van der Waals surface area contributed by atoms with E-state index in [1.807, 2.05) is 0 Å². The van der Waals surface area contributed by atoms with Crippen LogP contribution in [0.2, 0.25) is 5.02 Å². The molecule has 0 spiro atoms. The Kier molecular flexibility index (Phi) is 8.68. The zero-order valence-electron chi connectivity index (χ0n) is 11.4. The minimum atomic E-state index is -0.586. The molecule has 21 heavy (non-hydrogen) atoms. The molecule has 1 atom stereocenters. The van der Waals surface area contributed by atoms with Gasteiger partial charge in [0.25, 0.3) is 0 Å². The third-order valence-electron chi connectivity index (χ3n) is 2.47. The highest BCUT2D eigenvalue weighted by Gasteiger charge is 2.16. The lowest BCUT2D eigenvalue weighted by molar-refractivity contribution is -0.385. The summed E-state index contributed by atoms with van der Waals surface area (Å²) in [6.07, 6.45) is 0.0874. The molecule has 118 valence electrons. The monoisotopic (exact) mass is 337 g/mol. The summed E-state index contributed by atoms with van der Waals surface area (Å²) in [7, 11) is 0. The van der Waals surface area contributed by atoms with Crippen molar-refractivity contribution >= 4 is 35.6 Å². The SMILES string of the molecule is C[C@@H](CN)NC(=O)CCOc1ccc(Cl)cc1[N+](=O)[O-].Cl. The number of ether oxygens (including phenoxy) is 1. The van der Waals surface area contributed by atoms with Crippen molar-refractivity contribution in [2.75, 3.05) is 13.2 Å². The lowest BCUT2D eigenvalue weighted by Crippen LogP contribution is -2.38. The highest BCUT2D eigenvalue weighted by Crippen LogP contribution is 2.29. The van der Waals surface area contributed by atoms with Gasteiger partial charge < -0.3 is 15.8 Å². The van der Waals surface area contributed by atoms with Crippen LogP contribution < -0.4 is 15.8 Å². The van der Waals surface area contributed by atoms with Crippen molar-refractivity contribution in [1.29, 1.82) is 0 Å². The van der Waals surface area contributed by atoms with Crippen molar-refractivity contribution in [3.63, 3.8) is 0 Å². The Morgan fingerprint density at radius 2 is 2.24 bits per heavy atom. The number of rotatable bonds is 7. The van der Waals surface area contributed by atoms with Gasteiger partial charge in [0.05, 0.1) is 18.0 Å². The van der Waals surface area contributed by atoms with Gasteiger partial charge in [0.15, 0.2) is 5.75 Å². The number of hydrogen-bond donors (Lipinski definition) is 2. The molecule has 0 unspecified atom stereocenters. The second-order valence-electron chi connectivity index (χ2n) is 4.17. The average Bonchev–Trinajstić information content (AvgIpc) is 2.39. The summed E-state index contributed by atoms with van der Waals surface area (Å²) in [6, 6.07) is 3.97. The molecule has 0 radical (unpaired) electrons. The molecule has 0 aliphatic rings. The molecule has 1 amide bonds. The van der Waals surface area contributed by atoms with Crippen molar-refractivity contribution in [3.8, 4) is 5.75 Å². The summed E-state index contributed by atoms with van der Waals surface area (Å²) in [6.45, 7) is 2.16. The first-order valence-electron chi connectivity index (χ1n) is 6.00. The summed E-state index contributed by atoms with van der Waals surface area (Å²) in [4.78, 5) is 21.7. The van der Waals surface area contributed by atoms with Crippen molar-refractivity contribution in [3.05, 3.63) is 33.3 Å². The predicted molar refractivity (Wildman–Crippen MR) is 82.1 cm³/mol. The summed E-state index contributed by atoms with van der Waals surface area (Å²) in [5.74, 6) is -0.140. The van der Waals surface area contributed by atoms with Crippen LogP contribution in [0, 0.1) is 10.1 Å². The van der Waals surface area contributed by atoms with Crippen LogP contribution in [0.25, 0.3) is 0 Å².